The Bertz CT molecular complexity index is 723. The molecule has 0 aliphatic heterocycles. The van der Waals surface area contributed by atoms with Gasteiger partial charge in [-0.3, -0.25) is 0 Å². The van der Waals surface area contributed by atoms with Crippen LogP contribution in [0.5, 0.6) is 0 Å². The van der Waals surface area contributed by atoms with Crippen LogP contribution in [-0.2, 0) is 0 Å². The summed E-state index contributed by atoms with van der Waals surface area (Å²) in [5.74, 6) is 18.4. The minimum absolute atomic E-state index is 0.945. The molecule has 0 atom stereocenters. The van der Waals surface area contributed by atoms with Crippen molar-refractivity contribution in [3.05, 3.63) is 70.8 Å². The Morgan fingerprint density at radius 3 is 1.10 bits per heavy atom. The lowest BCUT2D eigenvalue weighted by molar-refractivity contribution is 1.56. The molecule has 0 heterocycles. The van der Waals surface area contributed by atoms with Crippen LogP contribution in [0.15, 0.2) is 48.5 Å². The average Bonchev–Trinajstić information content (AvgIpc) is 2.48. The molecule has 0 bridgehead atoms. The fourth-order valence-electron chi connectivity index (χ4n) is 1.81. The van der Waals surface area contributed by atoms with E-state index in [4.69, 9.17) is 0 Å². The maximum atomic E-state index is 3.19. The monoisotopic (exact) mass is 254 g/mol. The van der Waals surface area contributed by atoms with Crippen molar-refractivity contribution >= 4 is 0 Å². The first-order valence-electron chi connectivity index (χ1n) is 6.40. The van der Waals surface area contributed by atoms with E-state index in [2.05, 4.69) is 35.5 Å². The zero-order valence-corrected chi connectivity index (χ0v) is 11.6. The second-order valence-corrected chi connectivity index (χ2v) is 4.09. The highest BCUT2D eigenvalue weighted by molar-refractivity contribution is 5.55. The maximum Gasteiger partial charge on any atom is 0.0405 e. The van der Waals surface area contributed by atoms with Crippen LogP contribution in [0.4, 0.5) is 0 Å². The van der Waals surface area contributed by atoms with Crippen molar-refractivity contribution in [2.75, 3.05) is 0 Å². The van der Waals surface area contributed by atoms with Crippen LogP contribution in [0.2, 0.25) is 0 Å². The normalized spacial score (nSPS) is 8.30. The summed E-state index contributed by atoms with van der Waals surface area (Å²) in [7, 11) is 0. The quantitative estimate of drug-likeness (QED) is 0.627. The zero-order chi connectivity index (χ0) is 14.2. The summed E-state index contributed by atoms with van der Waals surface area (Å²) in [6.45, 7) is 3.66. The lowest BCUT2D eigenvalue weighted by Gasteiger charge is -1.97. The molecule has 0 radical (unpaired) electrons. The molecule has 0 saturated heterocycles. The average molecular weight is 254 g/mol. The number of hydrogen-bond acceptors (Lipinski definition) is 0. The van der Waals surface area contributed by atoms with Crippen LogP contribution in [0.1, 0.15) is 36.1 Å². The van der Waals surface area contributed by atoms with Crippen LogP contribution >= 0.6 is 0 Å². The Morgan fingerprint density at radius 2 is 0.800 bits per heavy atom. The van der Waals surface area contributed by atoms with Gasteiger partial charge in [-0.05, 0) is 38.1 Å². The van der Waals surface area contributed by atoms with Gasteiger partial charge in [0.2, 0.25) is 0 Å². The Hall–Kier alpha value is -2.88. The Labute approximate surface area is 120 Å². The topological polar surface area (TPSA) is 0 Å². The third-order valence-corrected chi connectivity index (χ3v) is 2.71. The minimum Gasteiger partial charge on any atom is -0.101 e. The first-order chi connectivity index (χ1) is 9.85. The van der Waals surface area contributed by atoms with E-state index in [1.165, 1.54) is 0 Å². The van der Waals surface area contributed by atoms with Crippen molar-refractivity contribution in [1.82, 2.24) is 0 Å². The van der Waals surface area contributed by atoms with Gasteiger partial charge >= 0.3 is 0 Å². The van der Waals surface area contributed by atoms with Crippen molar-refractivity contribution < 1.29 is 0 Å². The molecule has 0 nitrogen and oxygen atoms in total. The zero-order valence-electron chi connectivity index (χ0n) is 11.6. The van der Waals surface area contributed by atoms with Gasteiger partial charge in [-0.2, -0.15) is 0 Å². The molecule has 0 N–H and O–H groups in total. The van der Waals surface area contributed by atoms with E-state index in [0.29, 0.717) is 0 Å². The fraction of sp³-hybridized carbons (Fsp3) is 0.100. The molecule has 0 fully saturated rings. The first-order valence-corrected chi connectivity index (χ1v) is 6.40. The van der Waals surface area contributed by atoms with E-state index in [1.54, 1.807) is 0 Å². The Morgan fingerprint density at radius 1 is 0.500 bits per heavy atom. The minimum atomic E-state index is 0.945. The molecule has 0 aliphatic carbocycles. The molecule has 0 aliphatic rings. The van der Waals surface area contributed by atoms with Crippen molar-refractivity contribution in [2.24, 2.45) is 0 Å². The molecule has 0 saturated carbocycles. The van der Waals surface area contributed by atoms with Crippen LogP contribution in [0.25, 0.3) is 0 Å². The number of hydrogen-bond donors (Lipinski definition) is 0. The lowest BCUT2D eigenvalue weighted by Crippen LogP contribution is -1.85. The summed E-state index contributed by atoms with van der Waals surface area (Å²) in [4.78, 5) is 0. The van der Waals surface area contributed by atoms with Gasteiger partial charge in [0.15, 0.2) is 0 Å². The smallest absolute Gasteiger partial charge is 0.0405 e. The highest BCUT2D eigenvalue weighted by Gasteiger charge is 1.96. The van der Waals surface area contributed by atoms with E-state index >= 15 is 0 Å². The van der Waals surface area contributed by atoms with E-state index in [9.17, 15) is 0 Å². The number of benzene rings is 2. The van der Waals surface area contributed by atoms with Crippen molar-refractivity contribution in [3.8, 4) is 35.5 Å². The molecular weight excluding hydrogens is 240 g/mol. The third-order valence-electron chi connectivity index (χ3n) is 2.71. The van der Waals surface area contributed by atoms with E-state index in [-0.39, 0.29) is 0 Å². The van der Waals surface area contributed by atoms with Gasteiger partial charge in [-0.15, -0.1) is 11.8 Å². The Kier molecular flexibility index (Phi) is 4.67. The summed E-state index contributed by atoms with van der Waals surface area (Å²) >= 11 is 0. The molecule has 2 aromatic rings. The second-order valence-electron chi connectivity index (χ2n) is 4.09. The largest absolute Gasteiger partial charge is 0.101 e. The summed E-state index contributed by atoms with van der Waals surface area (Å²) in [6, 6.07) is 15.8. The molecule has 0 unspecified atom stereocenters. The molecule has 20 heavy (non-hydrogen) atoms. The molecular formula is C20H14. The molecule has 94 valence electrons. The summed E-state index contributed by atoms with van der Waals surface area (Å²) in [6.07, 6.45) is 0. The lowest BCUT2D eigenvalue weighted by atomic mass is 10.1. The van der Waals surface area contributed by atoms with Crippen molar-refractivity contribution in [3.63, 3.8) is 0 Å². The highest BCUT2D eigenvalue weighted by Crippen LogP contribution is 2.08. The van der Waals surface area contributed by atoms with E-state index in [0.717, 1.165) is 22.3 Å². The molecule has 0 aromatic heterocycles. The van der Waals surface area contributed by atoms with Crippen molar-refractivity contribution in [2.45, 2.75) is 13.8 Å². The predicted molar refractivity (Wildman–Crippen MR) is 84.0 cm³/mol. The predicted octanol–water partition coefficient (Wildman–Crippen LogP) is 3.83. The standard InChI is InChI=1S/C20H14/c1-3-9-17-11-5-7-13-19(17)15-16-20-14-8-6-12-18(20)10-4-2/h5-8,11-14H,1-2H3. The number of rotatable bonds is 0. The van der Waals surface area contributed by atoms with Crippen LogP contribution in [0.3, 0.4) is 0 Å². The SMILES string of the molecule is CC#Cc1ccccc1C#Cc1ccccc1C#CC. The van der Waals surface area contributed by atoms with Gasteiger partial charge in [-0.1, -0.05) is 47.9 Å². The Balaban J connectivity index is 2.45. The van der Waals surface area contributed by atoms with Gasteiger partial charge < -0.3 is 0 Å². The van der Waals surface area contributed by atoms with Crippen LogP contribution in [0, 0.1) is 35.5 Å². The summed E-state index contributed by atoms with van der Waals surface area (Å²) in [5.41, 5.74) is 3.81. The van der Waals surface area contributed by atoms with Crippen LogP contribution in [-0.4, -0.2) is 0 Å². The first kappa shape index (κ1) is 13.5. The summed E-state index contributed by atoms with van der Waals surface area (Å²) < 4.78 is 0. The molecule has 0 amide bonds. The second kappa shape index (κ2) is 6.89. The van der Waals surface area contributed by atoms with Gasteiger partial charge in [0.05, 0.1) is 0 Å². The fourth-order valence-corrected chi connectivity index (χ4v) is 1.81. The van der Waals surface area contributed by atoms with Crippen molar-refractivity contribution in [1.29, 1.82) is 0 Å². The summed E-state index contributed by atoms with van der Waals surface area (Å²) in [5, 5.41) is 0. The molecule has 0 heteroatoms. The molecule has 2 rings (SSSR count). The third kappa shape index (κ3) is 3.32. The van der Waals surface area contributed by atoms with E-state index in [1.807, 2.05) is 62.4 Å². The maximum absolute atomic E-state index is 3.19. The van der Waals surface area contributed by atoms with Crippen LogP contribution < -0.4 is 0 Å². The van der Waals surface area contributed by atoms with Gasteiger partial charge in [0.25, 0.3) is 0 Å². The van der Waals surface area contributed by atoms with Gasteiger partial charge in [-0.25, -0.2) is 0 Å². The van der Waals surface area contributed by atoms with Gasteiger partial charge in [0, 0.05) is 22.3 Å². The molecule has 0 spiro atoms. The van der Waals surface area contributed by atoms with E-state index < -0.39 is 0 Å². The highest BCUT2D eigenvalue weighted by atomic mass is 14.0. The van der Waals surface area contributed by atoms with Gasteiger partial charge in [0.1, 0.15) is 0 Å². The molecule has 2 aromatic carbocycles.